The second-order valence-electron chi connectivity index (χ2n) is 3.92. The van der Waals surface area contributed by atoms with E-state index in [9.17, 15) is 0 Å². The van der Waals surface area contributed by atoms with Gasteiger partial charge in [0.1, 0.15) is 10.8 Å². The molecule has 1 fully saturated rings. The lowest BCUT2D eigenvalue weighted by atomic mass is 10.0. The van der Waals surface area contributed by atoms with Gasteiger partial charge in [0.05, 0.1) is 10.2 Å². The molecule has 0 bridgehead atoms. The summed E-state index contributed by atoms with van der Waals surface area (Å²) in [6, 6.07) is 0. The van der Waals surface area contributed by atoms with Crippen LogP contribution in [-0.2, 0) is 10.3 Å². The fourth-order valence-electron chi connectivity index (χ4n) is 1.72. The molecule has 1 atom stereocenters. The van der Waals surface area contributed by atoms with Crippen molar-refractivity contribution in [1.29, 1.82) is 0 Å². The van der Waals surface area contributed by atoms with Crippen molar-refractivity contribution in [2.45, 2.75) is 32.3 Å². The fraction of sp³-hybridized carbons (Fsp3) is 0.600. The summed E-state index contributed by atoms with van der Waals surface area (Å²) in [5.74, 6) is 0.686. The van der Waals surface area contributed by atoms with Crippen molar-refractivity contribution >= 4 is 27.5 Å². The van der Waals surface area contributed by atoms with Crippen LogP contribution in [0.1, 0.15) is 31.3 Å². The van der Waals surface area contributed by atoms with Gasteiger partial charge in [0.15, 0.2) is 5.82 Å². The van der Waals surface area contributed by atoms with Crippen LogP contribution in [0, 0.1) is 6.92 Å². The van der Waals surface area contributed by atoms with Gasteiger partial charge in [-0.3, -0.25) is 0 Å². The summed E-state index contributed by atoms with van der Waals surface area (Å²) < 4.78 is 6.44. The lowest BCUT2D eigenvalue weighted by Gasteiger charge is -2.21. The Bertz CT molecular complexity index is 368. The molecule has 2 heterocycles. The summed E-state index contributed by atoms with van der Waals surface area (Å²) in [7, 11) is 0. The number of aromatic nitrogens is 2. The molecule has 1 aliphatic rings. The second kappa shape index (κ2) is 4.00. The minimum absolute atomic E-state index is 0.366. The Labute approximate surface area is 102 Å². The number of halogens is 2. The zero-order valence-corrected chi connectivity index (χ0v) is 11.0. The summed E-state index contributed by atoms with van der Waals surface area (Å²) in [4.78, 5) is 8.69. The molecule has 1 aromatic heterocycles. The van der Waals surface area contributed by atoms with Crippen molar-refractivity contribution in [1.82, 2.24) is 9.97 Å². The van der Waals surface area contributed by atoms with Gasteiger partial charge in [-0.15, -0.1) is 0 Å². The van der Waals surface area contributed by atoms with E-state index in [1.165, 1.54) is 0 Å². The SMILES string of the molecule is Cc1nc(C2(C)CCCO2)nc(Cl)c1Br. The molecular weight excluding hydrogens is 279 g/mol. The number of hydrogen-bond acceptors (Lipinski definition) is 3. The third-order valence-corrected chi connectivity index (χ3v) is 4.12. The molecule has 0 aliphatic carbocycles. The van der Waals surface area contributed by atoms with Gasteiger partial charge in [-0.25, -0.2) is 9.97 Å². The molecule has 3 nitrogen and oxygen atoms in total. The molecule has 1 aliphatic heterocycles. The molecule has 15 heavy (non-hydrogen) atoms. The fourth-order valence-corrected chi connectivity index (χ4v) is 2.11. The topological polar surface area (TPSA) is 35.0 Å². The van der Waals surface area contributed by atoms with Crippen molar-refractivity contribution < 1.29 is 4.74 Å². The van der Waals surface area contributed by atoms with Gasteiger partial charge in [0.2, 0.25) is 0 Å². The monoisotopic (exact) mass is 290 g/mol. The van der Waals surface area contributed by atoms with Crippen LogP contribution in [0.2, 0.25) is 5.15 Å². The van der Waals surface area contributed by atoms with Crippen molar-refractivity contribution in [3.05, 3.63) is 21.1 Å². The maximum absolute atomic E-state index is 6.01. The van der Waals surface area contributed by atoms with Crippen LogP contribution in [0.3, 0.4) is 0 Å². The number of ether oxygens (including phenoxy) is 1. The number of hydrogen-bond donors (Lipinski definition) is 0. The number of rotatable bonds is 1. The van der Waals surface area contributed by atoms with E-state index in [0.717, 1.165) is 29.6 Å². The molecule has 0 aromatic carbocycles. The molecule has 5 heteroatoms. The average molecular weight is 292 g/mol. The number of aryl methyl sites for hydroxylation is 1. The largest absolute Gasteiger partial charge is 0.367 e. The molecule has 0 N–H and O–H groups in total. The smallest absolute Gasteiger partial charge is 0.161 e. The molecule has 1 aromatic rings. The lowest BCUT2D eigenvalue weighted by Crippen LogP contribution is -2.24. The van der Waals surface area contributed by atoms with Crippen LogP contribution in [0.5, 0.6) is 0 Å². The maximum atomic E-state index is 6.01. The van der Waals surface area contributed by atoms with E-state index in [1.807, 2.05) is 13.8 Å². The van der Waals surface area contributed by atoms with Crippen LogP contribution in [0.15, 0.2) is 4.47 Å². The van der Waals surface area contributed by atoms with Gasteiger partial charge in [-0.05, 0) is 42.6 Å². The highest BCUT2D eigenvalue weighted by Crippen LogP contribution is 2.35. The predicted molar refractivity (Wildman–Crippen MR) is 62.0 cm³/mol. The van der Waals surface area contributed by atoms with Crippen molar-refractivity contribution in [2.75, 3.05) is 6.61 Å². The van der Waals surface area contributed by atoms with Crippen molar-refractivity contribution in [2.24, 2.45) is 0 Å². The highest BCUT2D eigenvalue weighted by atomic mass is 79.9. The molecule has 0 spiro atoms. The third kappa shape index (κ3) is 2.03. The van der Waals surface area contributed by atoms with E-state index < -0.39 is 0 Å². The van der Waals surface area contributed by atoms with E-state index in [1.54, 1.807) is 0 Å². The standard InChI is InChI=1S/C10H12BrClN2O/c1-6-7(11)8(12)14-9(13-6)10(2)4-3-5-15-10/h3-5H2,1-2H3. The molecule has 1 saturated heterocycles. The molecule has 1 unspecified atom stereocenters. The van der Waals surface area contributed by atoms with Gasteiger partial charge >= 0.3 is 0 Å². The predicted octanol–water partition coefficient (Wildman–Crippen LogP) is 3.23. The first-order chi connectivity index (χ1) is 7.03. The van der Waals surface area contributed by atoms with Gasteiger partial charge in [-0.2, -0.15) is 0 Å². The van der Waals surface area contributed by atoms with Gasteiger partial charge in [-0.1, -0.05) is 11.6 Å². The molecular formula is C10H12BrClN2O. The second-order valence-corrected chi connectivity index (χ2v) is 5.07. The highest BCUT2D eigenvalue weighted by molar-refractivity contribution is 9.10. The summed E-state index contributed by atoms with van der Waals surface area (Å²) in [5.41, 5.74) is 0.483. The quantitative estimate of drug-likeness (QED) is 0.745. The van der Waals surface area contributed by atoms with Crippen molar-refractivity contribution in [3.8, 4) is 0 Å². The van der Waals surface area contributed by atoms with E-state index in [4.69, 9.17) is 16.3 Å². The molecule has 0 saturated carbocycles. The van der Waals surface area contributed by atoms with Gasteiger partial charge in [0, 0.05) is 6.61 Å². The first kappa shape index (κ1) is 11.3. The molecule has 2 rings (SSSR count). The Morgan fingerprint density at radius 1 is 1.47 bits per heavy atom. The molecule has 0 amide bonds. The average Bonchev–Trinajstić information content (AvgIpc) is 2.62. The minimum Gasteiger partial charge on any atom is -0.367 e. The summed E-state index contributed by atoms with van der Waals surface area (Å²) in [6.45, 7) is 4.69. The summed E-state index contributed by atoms with van der Waals surface area (Å²) >= 11 is 9.35. The normalized spacial score (nSPS) is 25.9. The summed E-state index contributed by atoms with van der Waals surface area (Å²) in [5, 5.41) is 0.453. The Hall–Kier alpha value is -0.190. The van der Waals surface area contributed by atoms with Crippen LogP contribution < -0.4 is 0 Å². The molecule has 82 valence electrons. The minimum atomic E-state index is -0.366. The van der Waals surface area contributed by atoms with E-state index in [-0.39, 0.29) is 5.60 Å². The first-order valence-electron chi connectivity index (χ1n) is 4.87. The maximum Gasteiger partial charge on any atom is 0.161 e. The Morgan fingerprint density at radius 2 is 2.20 bits per heavy atom. The van der Waals surface area contributed by atoms with Crippen LogP contribution in [0.4, 0.5) is 0 Å². The van der Waals surface area contributed by atoms with E-state index in [0.29, 0.717) is 11.0 Å². The van der Waals surface area contributed by atoms with Gasteiger partial charge < -0.3 is 4.74 Å². The third-order valence-electron chi connectivity index (χ3n) is 2.67. The first-order valence-corrected chi connectivity index (χ1v) is 6.04. The van der Waals surface area contributed by atoms with E-state index in [2.05, 4.69) is 25.9 Å². The Morgan fingerprint density at radius 3 is 2.73 bits per heavy atom. The highest BCUT2D eigenvalue weighted by Gasteiger charge is 2.35. The number of nitrogens with zero attached hydrogens (tertiary/aromatic N) is 2. The van der Waals surface area contributed by atoms with Crippen LogP contribution in [0.25, 0.3) is 0 Å². The van der Waals surface area contributed by atoms with Gasteiger partial charge in [0.25, 0.3) is 0 Å². The zero-order valence-electron chi connectivity index (χ0n) is 8.68. The van der Waals surface area contributed by atoms with Crippen LogP contribution in [-0.4, -0.2) is 16.6 Å². The molecule has 0 radical (unpaired) electrons. The zero-order chi connectivity index (χ0) is 11.1. The Kier molecular flexibility index (Phi) is 3.01. The van der Waals surface area contributed by atoms with Crippen molar-refractivity contribution in [3.63, 3.8) is 0 Å². The van der Waals surface area contributed by atoms with E-state index >= 15 is 0 Å². The Balaban J connectivity index is 2.45. The summed E-state index contributed by atoms with van der Waals surface area (Å²) in [6.07, 6.45) is 2.00. The van der Waals surface area contributed by atoms with Crippen LogP contribution >= 0.6 is 27.5 Å². The lowest BCUT2D eigenvalue weighted by molar-refractivity contribution is 0.00917.